The molecule has 0 bridgehead atoms. The number of hydrogen-bond donors (Lipinski definition) is 1. The van der Waals surface area contributed by atoms with Crippen molar-refractivity contribution in [2.45, 2.75) is 25.9 Å². The Morgan fingerprint density at radius 1 is 1.32 bits per heavy atom. The highest BCUT2D eigenvalue weighted by Gasteiger charge is 2.18. The van der Waals surface area contributed by atoms with Crippen molar-refractivity contribution in [2.75, 3.05) is 39.5 Å². The molecule has 2 rings (SSSR count). The second kappa shape index (κ2) is 9.36. The highest BCUT2D eigenvalue weighted by atomic mass is 35.5. The lowest BCUT2D eigenvalue weighted by Crippen LogP contribution is -2.40. The number of likely N-dealkylation sites (tertiary alicyclic amines) is 1. The van der Waals surface area contributed by atoms with Crippen LogP contribution in [0.3, 0.4) is 0 Å². The maximum absolute atomic E-state index is 10.0. The van der Waals surface area contributed by atoms with E-state index in [4.69, 9.17) is 21.1 Å². The number of β-amino-alcohol motifs (C(OH)–C–C–N with tert-alkyl or cyclic N) is 1. The molecule has 1 aliphatic rings. The first kappa shape index (κ1) is 17.5. The predicted molar refractivity (Wildman–Crippen MR) is 88.6 cm³/mol. The van der Waals surface area contributed by atoms with E-state index in [0.29, 0.717) is 31.4 Å². The number of aliphatic hydroxyl groups excluding tert-OH is 1. The smallest absolute Gasteiger partial charge is 0.119 e. The van der Waals surface area contributed by atoms with E-state index in [2.05, 4.69) is 11.8 Å². The van der Waals surface area contributed by atoms with Crippen LogP contribution in [-0.4, -0.2) is 55.6 Å². The SMILES string of the molecule is CC1CCCN(CC(O)COCCOc2ccc(Cl)cc2)C1. The summed E-state index contributed by atoms with van der Waals surface area (Å²) in [5.74, 6) is 1.51. The van der Waals surface area contributed by atoms with E-state index >= 15 is 0 Å². The van der Waals surface area contributed by atoms with Gasteiger partial charge in [0.2, 0.25) is 0 Å². The topological polar surface area (TPSA) is 41.9 Å². The van der Waals surface area contributed by atoms with Gasteiger partial charge in [-0.15, -0.1) is 0 Å². The summed E-state index contributed by atoms with van der Waals surface area (Å²) in [5.41, 5.74) is 0. The van der Waals surface area contributed by atoms with E-state index < -0.39 is 6.10 Å². The Morgan fingerprint density at radius 2 is 2.09 bits per heavy atom. The Balaban J connectivity index is 1.53. The summed E-state index contributed by atoms with van der Waals surface area (Å²) in [4.78, 5) is 2.33. The lowest BCUT2D eigenvalue weighted by atomic mass is 10.0. The van der Waals surface area contributed by atoms with Crippen LogP contribution in [0.25, 0.3) is 0 Å². The summed E-state index contributed by atoms with van der Waals surface area (Å²) < 4.78 is 11.0. The second-order valence-electron chi connectivity index (χ2n) is 6.04. The monoisotopic (exact) mass is 327 g/mol. The molecule has 5 heteroatoms. The molecule has 2 unspecified atom stereocenters. The van der Waals surface area contributed by atoms with Crippen molar-refractivity contribution in [2.24, 2.45) is 5.92 Å². The quantitative estimate of drug-likeness (QED) is 0.746. The predicted octanol–water partition coefficient (Wildman–Crippen LogP) is 2.83. The van der Waals surface area contributed by atoms with Crippen LogP contribution in [0.15, 0.2) is 24.3 Å². The van der Waals surface area contributed by atoms with Gasteiger partial charge in [-0.25, -0.2) is 0 Å². The lowest BCUT2D eigenvalue weighted by molar-refractivity contribution is 0.00223. The molecule has 0 aromatic heterocycles. The maximum Gasteiger partial charge on any atom is 0.119 e. The lowest BCUT2D eigenvalue weighted by Gasteiger charge is -2.32. The van der Waals surface area contributed by atoms with E-state index in [1.807, 2.05) is 12.1 Å². The zero-order valence-electron chi connectivity index (χ0n) is 13.2. The molecular weight excluding hydrogens is 302 g/mol. The summed E-state index contributed by atoms with van der Waals surface area (Å²) in [7, 11) is 0. The first-order valence-corrected chi connectivity index (χ1v) is 8.38. The van der Waals surface area contributed by atoms with E-state index in [-0.39, 0.29) is 0 Å². The van der Waals surface area contributed by atoms with E-state index in [1.165, 1.54) is 12.8 Å². The largest absolute Gasteiger partial charge is 0.491 e. The summed E-state index contributed by atoms with van der Waals surface area (Å²) in [6, 6.07) is 7.24. The van der Waals surface area contributed by atoms with Gasteiger partial charge in [-0.1, -0.05) is 18.5 Å². The summed E-state index contributed by atoms with van der Waals surface area (Å²) in [6.45, 7) is 6.42. The molecule has 0 amide bonds. The highest BCUT2D eigenvalue weighted by molar-refractivity contribution is 6.30. The first-order chi connectivity index (χ1) is 10.6. The Kier molecular flexibility index (Phi) is 7.46. The van der Waals surface area contributed by atoms with Crippen LogP contribution < -0.4 is 4.74 Å². The van der Waals surface area contributed by atoms with Crippen molar-refractivity contribution in [3.63, 3.8) is 0 Å². The van der Waals surface area contributed by atoms with Crippen molar-refractivity contribution in [1.82, 2.24) is 4.90 Å². The molecule has 0 aliphatic carbocycles. The number of halogens is 1. The van der Waals surface area contributed by atoms with Gasteiger partial charge in [0.15, 0.2) is 0 Å². The number of aliphatic hydroxyl groups is 1. The first-order valence-electron chi connectivity index (χ1n) is 8.00. The van der Waals surface area contributed by atoms with Crippen molar-refractivity contribution in [3.8, 4) is 5.75 Å². The number of benzene rings is 1. The van der Waals surface area contributed by atoms with Gasteiger partial charge < -0.3 is 19.5 Å². The minimum atomic E-state index is -0.430. The Labute approximate surface area is 138 Å². The second-order valence-corrected chi connectivity index (χ2v) is 6.47. The van der Waals surface area contributed by atoms with Gasteiger partial charge in [-0.3, -0.25) is 0 Å². The van der Waals surface area contributed by atoms with Crippen molar-refractivity contribution < 1.29 is 14.6 Å². The zero-order chi connectivity index (χ0) is 15.8. The van der Waals surface area contributed by atoms with Crippen LogP contribution in [0.2, 0.25) is 5.02 Å². The molecule has 1 heterocycles. The fourth-order valence-corrected chi connectivity index (χ4v) is 2.90. The average molecular weight is 328 g/mol. The number of piperidine rings is 1. The molecule has 1 fully saturated rings. The molecule has 1 aliphatic heterocycles. The molecule has 4 nitrogen and oxygen atoms in total. The Hall–Kier alpha value is -0.810. The normalized spacial score (nSPS) is 20.8. The molecule has 124 valence electrons. The van der Waals surface area contributed by atoms with Gasteiger partial charge >= 0.3 is 0 Å². The molecule has 0 saturated carbocycles. The highest BCUT2D eigenvalue weighted by Crippen LogP contribution is 2.16. The summed E-state index contributed by atoms with van der Waals surface area (Å²) in [6.07, 6.45) is 2.09. The Morgan fingerprint density at radius 3 is 2.82 bits per heavy atom. The van der Waals surface area contributed by atoms with E-state index in [0.717, 1.165) is 24.8 Å². The van der Waals surface area contributed by atoms with Gasteiger partial charge in [0.05, 0.1) is 19.3 Å². The van der Waals surface area contributed by atoms with Crippen molar-refractivity contribution >= 4 is 11.6 Å². The van der Waals surface area contributed by atoms with Crippen LogP contribution in [0.5, 0.6) is 5.75 Å². The third-order valence-corrected chi connectivity index (χ3v) is 4.08. The summed E-state index contributed by atoms with van der Waals surface area (Å²) in [5, 5.41) is 10.7. The van der Waals surface area contributed by atoms with E-state index in [9.17, 15) is 5.11 Å². The minimum absolute atomic E-state index is 0.356. The Bertz CT molecular complexity index is 426. The fraction of sp³-hybridized carbons (Fsp3) is 0.647. The third kappa shape index (κ3) is 6.53. The number of ether oxygens (including phenoxy) is 2. The van der Waals surface area contributed by atoms with Gasteiger partial charge in [-0.2, -0.15) is 0 Å². The van der Waals surface area contributed by atoms with Crippen LogP contribution in [0.4, 0.5) is 0 Å². The number of hydrogen-bond acceptors (Lipinski definition) is 4. The van der Waals surface area contributed by atoms with Crippen LogP contribution in [0.1, 0.15) is 19.8 Å². The molecule has 0 spiro atoms. The minimum Gasteiger partial charge on any atom is -0.491 e. The van der Waals surface area contributed by atoms with E-state index in [1.54, 1.807) is 12.1 Å². The number of nitrogens with zero attached hydrogens (tertiary/aromatic N) is 1. The summed E-state index contributed by atoms with van der Waals surface area (Å²) >= 11 is 5.81. The zero-order valence-corrected chi connectivity index (χ0v) is 14.0. The van der Waals surface area contributed by atoms with Crippen molar-refractivity contribution in [1.29, 1.82) is 0 Å². The molecular formula is C17H26ClNO3. The van der Waals surface area contributed by atoms with Gasteiger partial charge in [0.25, 0.3) is 0 Å². The molecule has 22 heavy (non-hydrogen) atoms. The number of rotatable bonds is 8. The van der Waals surface area contributed by atoms with Crippen LogP contribution in [-0.2, 0) is 4.74 Å². The average Bonchev–Trinajstić information content (AvgIpc) is 2.49. The van der Waals surface area contributed by atoms with Crippen LogP contribution in [0, 0.1) is 5.92 Å². The maximum atomic E-state index is 10.0. The third-order valence-electron chi connectivity index (χ3n) is 3.83. The molecule has 1 saturated heterocycles. The molecule has 1 N–H and O–H groups in total. The standard InChI is InChI=1S/C17H26ClNO3/c1-14-3-2-8-19(11-14)12-16(20)13-21-9-10-22-17-6-4-15(18)5-7-17/h4-7,14,16,20H,2-3,8-13H2,1H3. The van der Waals surface area contributed by atoms with Gasteiger partial charge in [-0.05, 0) is 49.6 Å². The molecule has 2 atom stereocenters. The fourth-order valence-electron chi connectivity index (χ4n) is 2.77. The van der Waals surface area contributed by atoms with Crippen LogP contribution >= 0.6 is 11.6 Å². The molecule has 0 radical (unpaired) electrons. The van der Waals surface area contributed by atoms with Gasteiger partial charge in [0, 0.05) is 18.1 Å². The van der Waals surface area contributed by atoms with Crippen molar-refractivity contribution in [3.05, 3.63) is 29.3 Å². The molecule has 1 aromatic carbocycles. The molecule has 1 aromatic rings. The van der Waals surface area contributed by atoms with Gasteiger partial charge in [0.1, 0.15) is 12.4 Å².